The SMILES string of the molecule is CNCc1cn(CC2CCCN(C(=O)c3ccc(C)nc3)C2)nn1. The van der Waals surface area contributed by atoms with Crippen LogP contribution in [0.5, 0.6) is 0 Å². The molecular formula is C17H24N6O. The molecule has 1 fully saturated rings. The Balaban J connectivity index is 1.61. The maximum absolute atomic E-state index is 12.6. The van der Waals surface area contributed by atoms with Gasteiger partial charge in [0.05, 0.1) is 11.3 Å². The number of aromatic nitrogens is 4. The zero-order valence-corrected chi connectivity index (χ0v) is 14.3. The van der Waals surface area contributed by atoms with Crippen LogP contribution >= 0.6 is 0 Å². The maximum atomic E-state index is 12.6. The molecular weight excluding hydrogens is 304 g/mol. The highest BCUT2D eigenvalue weighted by Crippen LogP contribution is 2.20. The topological polar surface area (TPSA) is 75.9 Å². The number of amides is 1. The number of nitrogens with one attached hydrogen (secondary N) is 1. The van der Waals surface area contributed by atoms with Crippen molar-refractivity contribution in [3.63, 3.8) is 0 Å². The molecule has 0 aromatic carbocycles. The average Bonchev–Trinajstić information content (AvgIpc) is 3.02. The molecule has 0 radical (unpaired) electrons. The molecule has 3 rings (SSSR count). The largest absolute Gasteiger partial charge is 0.338 e. The predicted molar refractivity (Wildman–Crippen MR) is 90.4 cm³/mol. The molecule has 1 aliphatic rings. The summed E-state index contributed by atoms with van der Waals surface area (Å²) in [5, 5.41) is 11.4. The van der Waals surface area contributed by atoms with Crippen molar-refractivity contribution >= 4 is 5.91 Å². The summed E-state index contributed by atoms with van der Waals surface area (Å²) >= 11 is 0. The van der Waals surface area contributed by atoms with Crippen LogP contribution in [0.1, 0.15) is 34.6 Å². The quantitative estimate of drug-likeness (QED) is 0.894. The fraction of sp³-hybridized carbons (Fsp3) is 0.529. The number of rotatable bonds is 5. The molecule has 24 heavy (non-hydrogen) atoms. The number of pyridine rings is 1. The van der Waals surface area contributed by atoms with Gasteiger partial charge in [-0.1, -0.05) is 5.21 Å². The number of aryl methyl sites for hydroxylation is 1. The van der Waals surface area contributed by atoms with Gasteiger partial charge in [-0.15, -0.1) is 5.10 Å². The van der Waals surface area contributed by atoms with Crippen molar-refractivity contribution in [1.82, 2.24) is 30.2 Å². The predicted octanol–water partition coefficient (Wildman–Crippen LogP) is 1.25. The van der Waals surface area contributed by atoms with E-state index in [0.29, 0.717) is 11.5 Å². The second kappa shape index (κ2) is 7.53. The van der Waals surface area contributed by atoms with Gasteiger partial charge in [0.1, 0.15) is 0 Å². The highest BCUT2D eigenvalue weighted by molar-refractivity contribution is 5.94. The third kappa shape index (κ3) is 3.97. The summed E-state index contributed by atoms with van der Waals surface area (Å²) < 4.78 is 1.89. The number of hydrogen-bond acceptors (Lipinski definition) is 5. The first-order chi connectivity index (χ1) is 11.7. The molecule has 0 aliphatic carbocycles. The lowest BCUT2D eigenvalue weighted by Crippen LogP contribution is -2.41. The number of piperidine rings is 1. The smallest absolute Gasteiger partial charge is 0.255 e. The molecule has 1 N–H and O–H groups in total. The van der Waals surface area contributed by atoms with E-state index in [-0.39, 0.29) is 5.91 Å². The Morgan fingerprint density at radius 1 is 1.42 bits per heavy atom. The second-order valence-corrected chi connectivity index (χ2v) is 6.41. The lowest BCUT2D eigenvalue weighted by atomic mass is 9.97. The Kier molecular flexibility index (Phi) is 5.20. The normalized spacial score (nSPS) is 17.9. The highest BCUT2D eigenvalue weighted by Gasteiger charge is 2.25. The minimum absolute atomic E-state index is 0.0710. The molecule has 1 aliphatic heterocycles. The van der Waals surface area contributed by atoms with Gasteiger partial charge in [0.25, 0.3) is 5.91 Å². The van der Waals surface area contributed by atoms with E-state index in [1.165, 1.54) is 0 Å². The Morgan fingerprint density at radius 2 is 2.29 bits per heavy atom. The molecule has 1 atom stereocenters. The zero-order chi connectivity index (χ0) is 16.9. The summed E-state index contributed by atoms with van der Waals surface area (Å²) in [7, 11) is 1.89. The minimum Gasteiger partial charge on any atom is -0.338 e. The van der Waals surface area contributed by atoms with E-state index in [4.69, 9.17) is 0 Å². The molecule has 7 nitrogen and oxygen atoms in total. The summed E-state index contributed by atoms with van der Waals surface area (Å²) in [5.41, 5.74) is 2.52. The van der Waals surface area contributed by atoms with E-state index < -0.39 is 0 Å². The molecule has 1 unspecified atom stereocenters. The van der Waals surface area contributed by atoms with Crippen LogP contribution in [0.3, 0.4) is 0 Å². The monoisotopic (exact) mass is 328 g/mol. The van der Waals surface area contributed by atoms with Gasteiger partial charge in [-0.25, -0.2) is 0 Å². The molecule has 1 amide bonds. The van der Waals surface area contributed by atoms with Crippen molar-refractivity contribution in [2.75, 3.05) is 20.1 Å². The van der Waals surface area contributed by atoms with E-state index in [9.17, 15) is 4.79 Å². The van der Waals surface area contributed by atoms with E-state index in [1.807, 2.05) is 41.9 Å². The van der Waals surface area contributed by atoms with Gasteiger partial charge in [-0.05, 0) is 44.9 Å². The van der Waals surface area contributed by atoms with Crippen molar-refractivity contribution in [3.05, 3.63) is 41.5 Å². The van der Waals surface area contributed by atoms with Gasteiger partial charge in [-0.2, -0.15) is 0 Å². The molecule has 0 bridgehead atoms. The summed E-state index contributed by atoms with van der Waals surface area (Å²) in [5.74, 6) is 0.479. The molecule has 1 saturated heterocycles. The Morgan fingerprint density at radius 3 is 3.04 bits per heavy atom. The van der Waals surface area contributed by atoms with Gasteiger partial charge in [0.2, 0.25) is 0 Å². The van der Waals surface area contributed by atoms with Gasteiger partial charge in [0.15, 0.2) is 0 Å². The van der Waals surface area contributed by atoms with E-state index in [0.717, 1.165) is 50.4 Å². The van der Waals surface area contributed by atoms with E-state index >= 15 is 0 Å². The summed E-state index contributed by atoms with van der Waals surface area (Å²) in [6.07, 6.45) is 5.77. The third-order valence-electron chi connectivity index (χ3n) is 4.35. The molecule has 3 heterocycles. The Labute approximate surface area is 142 Å². The zero-order valence-electron chi connectivity index (χ0n) is 14.3. The number of carbonyl (C=O) groups is 1. The van der Waals surface area contributed by atoms with Crippen LogP contribution < -0.4 is 5.32 Å². The number of hydrogen-bond donors (Lipinski definition) is 1. The van der Waals surface area contributed by atoms with Crippen molar-refractivity contribution < 1.29 is 4.79 Å². The van der Waals surface area contributed by atoms with Gasteiger partial charge >= 0.3 is 0 Å². The van der Waals surface area contributed by atoms with E-state index in [2.05, 4.69) is 20.6 Å². The number of carbonyl (C=O) groups excluding carboxylic acids is 1. The Hall–Kier alpha value is -2.28. The van der Waals surface area contributed by atoms with Gasteiger partial charge in [0, 0.05) is 44.3 Å². The van der Waals surface area contributed by atoms with Crippen LogP contribution in [-0.4, -0.2) is 50.9 Å². The van der Waals surface area contributed by atoms with Gasteiger partial charge in [-0.3, -0.25) is 14.5 Å². The number of likely N-dealkylation sites (tertiary alicyclic amines) is 1. The van der Waals surface area contributed by atoms with Crippen molar-refractivity contribution in [2.24, 2.45) is 5.92 Å². The third-order valence-corrected chi connectivity index (χ3v) is 4.35. The first kappa shape index (κ1) is 16.6. The molecule has 0 saturated carbocycles. The van der Waals surface area contributed by atoms with Crippen LogP contribution in [0.25, 0.3) is 0 Å². The fourth-order valence-corrected chi connectivity index (χ4v) is 3.13. The first-order valence-corrected chi connectivity index (χ1v) is 8.41. The molecule has 7 heteroatoms. The van der Waals surface area contributed by atoms with Gasteiger partial charge < -0.3 is 10.2 Å². The first-order valence-electron chi connectivity index (χ1n) is 8.41. The number of nitrogens with zero attached hydrogens (tertiary/aromatic N) is 5. The van der Waals surface area contributed by atoms with Crippen molar-refractivity contribution in [3.8, 4) is 0 Å². The second-order valence-electron chi connectivity index (χ2n) is 6.41. The van der Waals surface area contributed by atoms with E-state index in [1.54, 1.807) is 6.20 Å². The highest BCUT2D eigenvalue weighted by atomic mass is 16.2. The summed E-state index contributed by atoms with van der Waals surface area (Å²) in [4.78, 5) is 18.8. The summed E-state index contributed by atoms with van der Waals surface area (Å²) in [6.45, 7) is 5.01. The molecule has 0 spiro atoms. The van der Waals surface area contributed by atoms with Crippen LogP contribution in [0, 0.1) is 12.8 Å². The fourth-order valence-electron chi connectivity index (χ4n) is 3.13. The lowest BCUT2D eigenvalue weighted by Gasteiger charge is -2.32. The average molecular weight is 328 g/mol. The molecule has 2 aromatic heterocycles. The van der Waals surface area contributed by atoms with Crippen molar-refractivity contribution in [2.45, 2.75) is 32.9 Å². The standard InChI is InChI=1S/C17H24N6O/c1-13-5-6-15(8-19-13)17(24)22-7-3-4-14(10-22)11-23-12-16(9-18-2)20-21-23/h5-6,8,12,14,18H,3-4,7,9-11H2,1-2H3. The Bertz CT molecular complexity index is 681. The van der Waals surface area contributed by atoms with Crippen LogP contribution in [-0.2, 0) is 13.1 Å². The lowest BCUT2D eigenvalue weighted by molar-refractivity contribution is 0.0659. The molecule has 2 aromatic rings. The van der Waals surface area contributed by atoms with Crippen LogP contribution in [0.4, 0.5) is 0 Å². The maximum Gasteiger partial charge on any atom is 0.255 e. The minimum atomic E-state index is 0.0710. The summed E-state index contributed by atoms with van der Waals surface area (Å²) in [6, 6.07) is 3.74. The van der Waals surface area contributed by atoms with Crippen LogP contribution in [0.15, 0.2) is 24.5 Å². The van der Waals surface area contributed by atoms with Crippen LogP contribution in [0.2, 0.25) is 0 Å². The molecule has 128 valence electrons. The van der Waals surface area contributed by atoms with Crippen molar-refractivity contribution in [1.29, 1.82) is 0 Å².